The summed E-state index contributed by atoms with van der Waals surface area (Å²) in [4.78, 5) is 12.9. The SMILES string of the molecule is CC#CC[C@@H]1CCc2c(cn(C)c2C(=O)Nc2ccc(F)c(C#N)c2)S(=O)(=O)N1. The van der Waals surface area contributed by atoms with Crippen LogP contribution in [0.3, 0.4) is 0 Å². The maximum Gasteiger partial charge on any atom is 0.272 e. The Hall–Kier alpha value is -3.14. The van der Waals surface area contributed by atoms with Crippen molar-refractivity contribution in [3.63, 3.8) is 0 Å². The van der Waals surface area contributed by atoms with Gasteiger partial charge in [0.2, 0.25) is 10.0 Å². The van der Waals surface area contributed by atoms with E-state index < -0.39 is 21.7 Å². The predicted molar refractivity (Wildman–Crippen MR) is 105 cm³/mol. The molecule has 2 aromatic rings. The van der Waals surface area contributed by atoms with Crippen molar-refractivity contribution in [2.45, 2.75) is 37.1 Å². The van der Waals surface area contributed by atoms with Crippen LogP contribution in [0.1, 0.15) is 41.4 Å². The van der Waals surface area contributed by atoms with E-state index in [9.17, 15) is 17.6 Å². The van der Waals surface area contributed by atoms with E-state index in [1.54, 1.807) is 20.0 Å². The zero-order valence-corrected chi connectivity index (χ0v) is 16.7. The first kappa shape index (κ1) is 20.6. The molecule has 2 heterocycles. The number of anilines is 1. The molecule has 1 atom stereocenters. The summed E-state index contributed by atoms with van der Waals surface area (Å²) < 4.78 is 43.1. The number of rotatable bonds is 3. The molecule has 0 bridgehead atoms. The highest BCUT2D eigenvalue weighted by molar-refractivity contribution is 7.89. The number of aromatic nitrogens is 1. The maximum atomic E-state index is 13.5. The third-order valence-electron chi connectivity index (χ3n) is 4.69. The third kappa shape index (κ3) is 4.16. The molecule has 3 rings (SSSR count). The van der Waals surface area contributed by atoms with E-state index in [0.29, 0.717) is 24.8 Å². The number of hydrogen-bond acceptors (Lipinski definition) is 4. The highest BCUT2D eigenvalue weighted by Crippen LogP contribution is 2.28. The van der Waals surface area contributed by atoms with Crippen LogP contribution < -0.4 is 10.0 Å². The molecule has 0 saturated carbocycles. The number of aryl methyl sites for hydroxylation is 1. The summed E-state index contributed by atoms with van der Waals surface area (Å²) in [6.45, 7) is 1.69. The van der Waals surface area contributed by atoms with Crippen molar-refractivity contribution in [1.82, 2.24) is 9.29 Å². The van der Waals surface area contributed by atoms with E-state index in [0.717, 1.165) is 6.07 Å². The van der Waals surface area contributed by atoms with E-state index in [-0.39, 0.29) is 27.9 Å². The minimum atomic E-state index is -3.79. The highest BCUT2D eigenvalue weighted by Gasteiger charge is 2.32. The Kier molecular flexibility index (Phi) is 5.73. The molecule has 29 heavy (non-hydrogen) atoms. The van der Waals surface area contributed by atoms with Gasteiger partial charge in [0.05, 0.1) is 5.56 Å². The Morgan fingerprint density at radius 1 is 1.45 bits per heavy atom. The second kappa shape index (κ2) is 8.08. The summed E-state index contributed by atoms with van der Waals surface area (Å²) in [5.41, 5.74) is 0.677. The van der Waals surface area contributed by atoms with Gasteiger partial charge in [-0.1, -0.05) is 0 Å². The quantitative estimate of drug-likeness (QED) is 0.752. The normalized spacial score (nSPS) is 17.2. The smallest absolute Gasteiger partial charge is 0.272 e. The zero-order chi connectivity index (χ0) is 21.2. The summed E-state index contributed by atoms with van der Waals surface area (Å²) in [6, 6.07) is 5.04. The van der Waals surface area contributed by atoms with Crippen LogP contribution in [0.15, 0.2) is 29.3 Å². The Bertz CT molecular complexity index is 1180. The van der Waals surface area contributed by atoms with Crippen LogP contribution in [0.25, 0.3) is 0 Å². The van der Waals surface area contributed by atoms with Gasteiger partial charge in [-0.3, -0.25) is 4.79 Å². The summed E-state index contributed by atoms with van der Waals surface area (Å²) >= 11 is 0. The van der Waals surface area contributed by atoms with Gasteiger partial charge in [-0.05, 0) is 38.0 Å². The first-order valence-corrected chi connectivity index (χ1v) is 10.4. The third-order valence-corrected chi connectivity index (χ3v) is 6.26. The van der Waals surface area contributed by atoms with Crippen molar-refractivity contribution in [3.8, 4) is 17.9 Å². The van der Waals surface area contributed by atoms with Gasteiger partial charge in [0.25, 0.3) is 5.91 Å². The molecule has 0 spiro atoms. The minimum absolute atomic E-state index is 0.0638. The van der Waals surface area contributed by atoms with Crippen LogP contribution in [0, 0.1) is 29.0 Å². The molecule has 0 fully saturated rings. The van der Waals surface area contributed by atoms with Crippen molar-refractivity contribution in [1.29, 1.82) is 5.26 Å². The minimum Gasteiger partial charge on any atom is -0.345 e. The molecular weight excluding hydrogens is 395 g/mol. The number of sulfonamides is 1. The van der Waals surface area contributed by atoms with E-state index in [4.69, 9.17) is 5.26 Å². The lowest BCUT2D eigenvalue weighted by atomic mass is 10.0. The molecule has 1 aromatic carbocycles. The molecule has 1 amide bonds. The Labute approximate surface area is 168 Å². The predicted octanol–water partition coefficient (Wildman–Crippen LogP) is 2.29. The van der Waals surface area contributed by atoms with Gasteiger partial charge in [-0.25, -0.2) is 17.5 Å². The van der Waals surface area contributed by atoms with Crippen LogP contribution >= 0.6 is 0 Å². The molecule has 0 saturated heterocycles. The average Bonchev–Trinajstić information content (AvgIpc) is 2.96. The first-order chi connectivity index (χ1) is 13.8. The lowest BCUT2D eigenvalue weighted by Crippen LogP contribution is -2.33. The molecule has 150 valence electrons. The van der Waals surface area contributed by atoms with E-state index in [1.165, 1.54) is 22.9 Å². The van der Waals surface area contributed by atoms with Gasteiger partial charge >= 0.3 is 0 Å². The molecule has 0 unspecified atom stereocenters. The fraction of sp³-hybridized carbons (Fsp3) is 0.300. The number of nitriles is 1. The average molecular weight is 414 g/mol. The largest absolute Gasteiger partial charge is 0.345 e. The van der Waals surface area contributed by atoms with Gasteiger partial charge in [0.1, 0.15) is 22.5 Å². The molecule has 1 aliphatic heterocycles. The van der Waals surface area contributed by atoms with Gasteiger partial charge in [-0.15, -0.1) is 11.8 Å². The number of amides is 1. The molecule has 0 radical (unpaired) electrons. The highest BCUT2D eigenvalue weighted by atomic mass is 32.2. The zero-order valence-electron chi connectivity index (χ0n) is 15.9. The number of halogens is 1. The van der Waals surface area contributed by atoms with Crippen LogP contribution in [0.2, 0.25) is 0 Å². The number of carbonyl (C=O) groups is 1. The standard InChI is InChI=1S/C20H19FN4O3S/c1-3-4-5-14-6-8-16-18(29(27,28)24-14)12-25(2)19(16)20(26)23-15-7-9-17(21)13(10-15)11-22/h7,9-10,12,14,24H,5-6,8H2,1-2H3,(H,23,26)/t14-/m1/s1. The van der Waals surface area contributed by atoms with E-state index in [2.05, 4.69) is 21.9 Å². The van der Waals surface area contributed by atoms with Crippen LogP contribution in [0.4, 0.5) is 10.1 Å². The van der Waals surface area contributed by atoms with Gasteiger partial charge in [0.15, 0.2) is 0 Å². The van der Waals surface area contributed by atoms with Gasteiger partial charge < -0.3 is 9.88 Å². The van der Waals surface area contributed by atoms with E-state index >= 15 is 0 Å². The van der Waals surface area contributed by atoms with Crippen molar-refractivity contribution in [3.05, 3.63) is 47.0 Å². The van der Waals surface area contributed by atoms with Crippen molar-refractivity contribution in [2.75, 3.05) is 5.32 Å². The Balaban J connectivity index is 1.95. The number of benzene rings is 1. The summed E-state index contributed by atoms with van der Waals surface area (Å²) in [5, 5.41) is 11.6. The number of fused-ring (bicyclic) bond motifs is 1. The number of hydrogen-bond donors (Lipinski definition) is 2. The summed E-state index contributed by atoms with van der Waals surface area (Å²) in [5.74, 6) is 4.42. The number of carbonyl (C=O) groups excluding carboxylic acids is 1. The van der Waals surface area contributed by atoms with Gasteiger partial charge in [0, 0.05) is 37.0 Å². The lowest BCUT2D eigenvalue weighted by Gasteiger charge is -2.12. The van der Waals surface area contributed by atoms with Crippen molar-refractivity contribution < 1.29 is 17.6 Å². The van der Waals surface area contributed by atoms with Crippen LogP contribution in [-0.4, -0.2) is 24.9 Å². The second-order valence-corrected chi connectivity index (χ2v) is 8.36. The van der Waals surface area contributed by atoms with Gasteiger partial charge in [-0.2, -0.15) is 5.26 Å². The molecule has 0 aliphatic carbocycles. The fourth-order valence-electron chi connectivity index (χ4n) is 3.33. The maximum absolute atomic E-state index is 13.5. The Morgan fingerprint density at radius 3 is 2.90 bits per heavy atom. The van der Waals surface area contributed by atoms with Crippen molar-refractivity contribution in [2.24, 2.45) is 7.05 Å². The second-order valence-electron chi connectivity index (χ2n) is 6.68. The fourth-order valence-corrected chi connectivity index (χ4v) is 4.91. The molecule has 2 N–H and O–H groups in total. The molecular formula is C20H19FN4O3S. The molecule has 9 heteroatoms. The first-order valence-electron chi connectivity index (χ1n) is 8.88. The van der Waals surface area contributed by atoms with E-state index in [1.807, 2.05) is 0 Å². The topological polar surface area (TPSA) is 104 Å². The van der Waals surface area contributed by atoms with Crippen LogP contribution in [-0.2, 0) is 23.5 Å². The summed E-state index contributed by atoms with van der Waals surface area (Å²) in [7, 11) is -2.21. The Morgan fingerprint density at radius 2 is 2.21 bits per heavy atom. The molecule has 1 aliphatic rings. The molecule has 7 nitrogen and oxygen atoms in total. The number of nitrogens with one attached hydrogen (secondary N) is 2. The number of nitrogens with zero attached hydrogens (tertiary/aromatic N) is 2. The lowest BCUT2D eigenvalue weighted by molar-refractivity contribution is 0.101. The molecule has 1 aromatic heterocycles. The van der Waals surface area contributed by atoms with Crippen molar-refractivity contribution >= 4 is 21.6 Å². The monoisotopic (exact) mass is 414 g/mol. The summed E-state index contributed by atoms with van der Waals surface area (Å²) in [6.07, 6.45) is 2.68. The van der Waals surface area contributed by atoms with Crippen LogP contribution in [0.5, 0.6) is 0 Å².